The Labute approximate surface area is 99.7 Å². The van der Waals surface area contributed by atoms with Crippen LogP contribution >= 0.6 is 15.9 Å². The molecular weight excluding hydrogens is 276 g/mol. The molecule has 0 aliphatic carbocycles. The minimum Gasteiger partial charge on any atom is -0.224 e. The molecule has 0 heterocycles. The second-order valence-electron chi connectivity index (χ2n) is 3.52. The molecule has 1 atom stereocenters. The summed E-state index contributed by atoms with van der Waals surface area (Å²) in [5.41, 5.74) is 0. The lowest BCUT2D eigenvalue weighted by molar-refractivity contribution is 0.569. The average molecular weight is 291 g/mol. The fourth-order valence-electron chi connectivity index (χ4n) is 1.31. The molecule has 1 aromatic rings. The third kappa shape index (κ3) is 3.61. The second kappa shape index (κ2) is 5.66. The van der Waals surface area contributed by atoms with Crippen LogP contribution in [0.3, 0.4) is 0 Å². The topological polar surface area (TPSA) is 34.1 Å². The van der Waals surface area contributed by atoms with E-state index in [1.54, 1.807) is 24.3 Å². The van der Waals surface area contributed by atoms with Crippen LogP contribution in [0, 0.1) is 5.92 Å². The van der Waals surface area contributed by atoms with Crippen LogP contribution in [0.5, 0.6) is 0 Å². The third-order valence-electron chi connectivity index (χ3n) is 2.35. The van der Waals surface area contributed by atoms with E-state index >= 15 is 0 Å². The minimum absolute atomic E-state index is 0.190. The molecule has 15 heavy (non-hydrogen) atoms. The smallest absolute Gasteiger partial charge is 0.178 e. The predicted molar refractivity (Wildman–Crippen MR) is 66.1 cm³/mol. The maximum atomic E-state index is 11.9. The van der Waals surface area contributed by atoms with E-state index in [9.17, 15) is 8.42 Å². The quantitative estimate of drug-likeness (QED) is 0.782. The molecule has 0 aliphatic heterocycles. The largest absolute Gasteiger partial charge is 0.224 e. The fraction of sp³-hybridized carbons (Fsp3) is 0.455. The van der Waals surface area contributed by atoms with Gasteiger partial charge in [-0.3, -0.25) is 0 Å². The number of sulfone groups is 1. The van der Waals surface area contributed by atoms with Crippen molar-refractivity contribution in [3.05, 3.63) is 30.3 Å². The van der Waals surface area contributed by atoms with Gasteiger partial charge >= 0.3 is 0 Å². The first-order valence-corrected chi connectivity index (χ1v) is 7.71. The average Bonchev–Trinajstić information content (AvgIpc) is 2.27. The van der Waals surface area contributed by atoms with Crippen molar-refractivity contribution in [1.29, 1.82) is 0 Å². The van der Waals surface area contributed by atoms with E-state index in [0.717, 1.165) is 11.8 Å². The molecule has 1 aromatic carbocycles. The van der Waals surface area contributed by atoms with Crippen molar-refractivity contribution < 1.29 is 8.42 Å². The zero-order valence-electron chi connectivity index (χ0n) is 8.69. The molecule has 0 fully saturated rings. The van der Waals surface area contributed by atoms with Crippen LogP contribution in [0.25, 0.3) is 0 Å². The number of benzene rings is 1. The first kappa shape index (κ1) is 12.7. The summed E-state index contributed by atoms with van der Waals surface area (Å²) in [4.78, 5) is 0.421. The second-order valence-corrected chi connectivity index (χ2v) is 6.20. The van der Waals surface area contributed by atoms with Crippen LogP contribution in [-0.2, 0) is 9.84 Å². The van der Waals surface area contributed by atoms with Gasteiger partial charge in [-0.05, 0) is 18.1 Å². The molecule has 1 rings (SSSR count). The SMILES string of the molecule is CCC(CBr)CS(=O)(=O)c1ccccc1. The van der Waals surface area contributed by atoms with Crippen molar-refractivity contribution in [1.82, 2.24) is 0 Å². The normalized spacial score (nSPS) is 13.7. The predicted octanol–water partition coefficient (Wildman–Crippen LogP) is 2.88. The molecule has 2 nitrogen and oxygen atoms in total. The number of halogens is 1. The van der Waals surface area contributed by atoms with Gasteiger partial charge in [0.2, 0.25) is 0 Å². The molecule has 0 aromatic heterocycles. The van der Waals surface area contributed by atoms with Gasteiger partial charge in [0, 0.05) is 5.33 Å². The van der Waals surface area contributed by atoms with E-state index in [1.165, 1.54) is 0 Å². The Bertz CT molecular complexity index is 382. The number of alkyl halides is 1. The van der Waals surface area contributed by atoms with Crippen LogP contribution in [0.4, 0.5) is 0 Å². The number of hydrogen-bond donors (Lipinski definition) is 0. The van der Waals surface area contributed by atoms with Gasteiger partial charge in [-0.25, -0.2) is 8.42 Å². The van der Waals surface area contributed by atoms with Crippen molar-refractivity contribution in [3.8, 4) is 0 Å². The van der Waals surface area contributed by atoms with Gasteiger partial charge in [0.1, 0.15) is 0 Å². The van der Waals surface area contributed by atoms with E-state index in [2.05, 4.69) is 15.9 Å². The van der Waals surface area contributed by atoms with Crippen molar-refractivity contribution in [2.75, 3.05) is 11.1 Å². The highest BCUT2D eigenvalue weighted by Crippen LogP contribution is 2.16. The molecule has 4 heteroatoms. The van der Waals surface area contributed by atoms with Gasteiger partial charge in [-0.15, -0.1) is 0 Å². The van der Waals surface area contributed by atoms with Crippen LogP contribution in [-0.4, -0.2) is 19.5 Å². The summed E-state index contributed by atoms with van der Waals surface area (Å²) in [7, 11) is -3.11. The summed E-state index contributed by atoms with van der Waals surface area (Å²) in [6.45, 7) is 2.01. The Balaban J connectivity index is 2.85. The third-order valence-corrected chi connectivity index (χ3v) is 5.17. The summed E-state index contributed by atoms with van der Waals surface area (Å²) in [6.07, 6.45) is 0.872. The van der Waals surface area contributed by atoms with E-state index in [0.29, 0.717) is 4.90 Å². The van der Waals surface area contributed by atoms with Gasteiger partial charge < -0.3 is 0 Å². The van der Waals surface area contributed by atoms with Gasteiger partial charge in [-0.1, -0.05) is 47.5 Å². The summed E-state index contributed by atoms with van der Waals surface area (Å²) < 4.78 is 23.9. The summed E-state index contributed by atoms with van der Waals surface area (Å²) in [5.74, 6) is 0.411. The highest BCUT2D eigenvalue weighted by Gasteiger charge is 2.18. The highest BCUT2D eigenvalue weighted by molar-refractivity contribution is 9.09. The van der Waals surface area contributed by atoms with Crippen molar-refractivity contribution in [3.63, 3.8) is 0 Å². The van der Waals surface area contributed by atoms with Gasteiger partial charge in [-0.2, -0.15) is 0 Å². The lowest BCUT2D eigenvalue weighted by Crippen LogP contribution is -2.16. The molecule has 0 saturated heterocycles. The number of rotatable bonds is 5. The van der Waals surface area contributed by atoms with Crippen molar-refractivity contribution >= 4 is 25.8 Å². The fourth-order valence-corrected chi connectivity index (χ4v) is 4.03. The molecule has 0 spiro atoms. The highest BCUT2D eigenvalue weighted by atomic mass is 79.9. The first-order valence-electron chi connectivity index (χ1n) is 4.94. The minimum atomic E-state index is -3.11. The standard InChI is InChI=1S/C11H15BrO2S/c1-2-10(8-12)9-15(13,14)11-6-4-3-5-7-11/h3-7,10H,2,8-9H2,1H3. The molecule has 84 valence electrons. The maximum absolute atomic E-state index is 11.9. The first-order chi connectivity index (χ1) is 7.10. The molecule has 1 unspecified atom stereocenters. The van der Waals surface area contributed by atoms with Crippen molar-refractivity contribution in [2.24, 2.45) is 5.92 Å². The Morgan fingerprint density at radius 2 is 1.87 bits per heavy atom. The maximum Gasteiger partial charge on any atom is 0.178 e. The van der Waals surface area contributed by atoms with Crippen molar-refractivity contribution in [2.45, 2.75) is 18.2 Å². The lowest BCUT2D eigenvalue weighted by atomic mass is 10.2. The zero-order chi connectivity index (χ0) is 11.3. The Morgan fingerprint density at radius 1 is 1.27 bits per heavy atom. The van der Waals surface area contributed by atoms with Crippen LogP contribution in [0.1, 0.15) is 13.3 Å². The molecule has 0 saturated carbocycles. The molecule has 0 amide bonds. The van der Waals surface area contributed by atoms with Gasteiger partial charge in [0.25, 0.3) is 0 Å². The van der Waals surface area contributed by atoms with E-state index in [-0.39, 0.29) is 11.7 Å². The van der Waals surface area contributed by atoms with Gasteiger partial charge in [0.15, 0.2) is 9.84 Å². The molecule has 0 bridgehead atoms. The van der Waals surface area contributed by atoms with Gasteiger partial charge in [0.05, 0.1) is 10.6 Å². The molecule has 0 radical (unpaired) electrons. The zero-order valence-corrected chi connectivity index (χ0v) is 11.1. The summed E-state index contributed by atoms with van der Waals surface area (Å²) in [5, 5.41) is 0.732. The lowest BCUT2D eigenvalue weighted by Gasteiger charge is -2.11. The van der Waals surface area contributed by atoms with E-state index in [1.807, 2.05) is 13.0 Å². The van der Waals surface area contributed by atoms with Crippen LogP contribution in [0.2, 0.25) is 0 Å². The summed E-state index contributed by atoms with van der Waals surface area (Å²) >= 11 is 3.34. The van der Waals surface area contributed by atoms with Crippen LogP contribution in [0.15, 0.2) is 35.2 Å². The molecule has 0 aliphatic rings. The Morgan fingerprint density at radius 3 is 2.33 bits per heavy atom. The summed E-state index contributed by atoms with van der Waals surface area (Å²) in [6, 6.07) is 8.62. The monoisotopic (exact) mass is 290 g/mol. The Hall–Kier alpha value is -0.350. The number of hydrogen-bond acceptors (Lipinski definition) is 2. The molecule has 0 N–H and O–H groups in total. The Kier molecular flexibility index (Phi) is 4.80. The van der Waals surface area contributed by atoms with E-state index < -0.39 is 9.84 Å². The van der Waals surface area contributed by atoms with E-state index in [4.69, 9.17) is 0 Å². The van der Waals surface area contributed by atoms with Crippen LogP contribution < -0.4 is 0 Å². The molecular formula is C11H15BrO2S.